The fourth-order valence-corrected chi connectivity index (χ4v) is 8.47. The molecule has 12 heteroatoms. The number of para-hydroxylation sites is 1. The highest BCUT2D eigenvalue weighted by Gasteiger charge is 2.41. The number of aryl methyl sites for hydroxylation is 1. The third-order valence-electron chi connectivity index (χ3n) is 9.07. The fraction of sp³-hybridized carbons (Fsp3) is 0.516. The molecule has 0 aromatic heterocycles. The predicted octanol–water partition coefficient (Wildman–Crippen LogP) is 4.19. The maximum absolute atomic E-state index is 14.2. The van der Waals surface area contributed by atoms with Crippen LogP contribution in [0.5, 0.6) is 0 Å². The number of likely N-dealkylation sites (tertiary alicyclic amines) is 1. The number of carboxylic acids is 1. The number of aliphatic carboxylic acids is 1. The Morgan fingerprint density at radius 2 is 1.70 bits per heavy atom. The highest BCUT2D eigenvalue weighted by molar-refractivity contribution is 7.89. The second kappa shape index (κ2) is 13.2. The van der Waals surface area contributed by atoms with E-state index in [1.165, 1.54) is 9.21 Å². The van der Waals surface area contributed by atoms with Crippen LogP contribution in [0.15, 0.2) is 47.4 Å². The van der Waals surface area contributed by atoms with Gasteiger partial charge >= 0.3 is 17.8 Å². The summed E-state index contributed by atoms with van der Waals surface area (Å²) < 4.78 is 29.9. The number of carbonyl (C=O) groups is 3. The first-order chi connectivity index (χ1) is 20.6. The number of likely N-dealkylation sites (N-methyl/N-ethyl adjacent to an activating group) is 1. The second-order valence-electron chi connectivity index (χ2n) is 11.7. The molecule has 2 fully saturated rings. The summed E-state index contributed by atoms with van der Waals surface area (Å²) >= 11 is 6.76. The van der Waals surface area contributed by atoms with E-state index in [1.54, 1.807) is 19.2 Å². The van der Waals surface area contributed by atoms with Crippen LogP contribution in [0.4, 0.5) is 11.4 Å². The zero-order valence-corrected chi connectivity index (χ0v) is 25.9. The van der Waals surface area contributed by atoms with Crippen molar-refractivity contribution in [3.63, 3.8) is 0 Å². The smallest absolute Gasteiger partial charge is 0.326 e. The van der Waals surface area contributed by atoms with Gasteiger partial charge in [-0.1, -0.05) is 49.1 Å². The summed E-state index contributed by atoms with van der Waals surface area (Å²) in [5.74, 6) is -2.76. The number of rotatable bonds is 7. The van der Waals surface area contributed by atoms with Crippen LogP contribution in [0.3, 0.4) is 0 Å². The zero-order valence-electron chi connectivity index (χ0n) is 24.4. The molecule has 2 aromatic rings. The molecule has 1 saturated carbocycles. The summed E-state index contributed by atoms with van der Waals surface area (Å²) in [5, 5.41) is 12.4. The molecule has 1 unspecified atom stereocenters. The van der Waals surface area contributed by atoms with Gasteiger partial charge in [0.15, 0.2) is 0 Å². The molecule has 2 N–H and O–H groups in total. The van der Waals surface area contributed by atoms with Crippen LogP contribution in [0.2, 0.25) is 5.02 Å². The lowest BCUT2D eigenvalue weighted by Gasteiger charge is -2.36. The summed E-state index contributed by atoms with van der Waals surface area (Å²) in [5.41, 5.74) is 1.78. The van der Waals surface area contributed by atoms with Crippen molar-refractivity contribution in [2.45, 2.75) is 74.8 Å². The van der Waals surface area contributed by atoms with Crippen LogP contribution < -0.4 is 10.2 Å². The minimum absolute atomic E-state index is 0.0736. The zero-order chi connectivity index (χ0) is 30.7. The minimum Gasteiger partial charge on any atom is -0.480 e. The Kier molecular flexibility index (Phi) is 9.63. The number of nitrogens with one attached hydrogen (secondary N) is 1. The number of fused-ring (bicyclic) bond motifs is 1. The molecule has 3 aliphatic rings. The third kappa shape index (κ3) is 6.68. The van der Waals surface area contributed by atoms with Crippen LogP contribution in [-0.4, -0.2) is 79.3 Å². The van der Waals surface area contributed by atoms with Crippen molar-refractivity contribution in [3.8, 4) is 0 Å². The number of amides is 2. The van der Waals surface area contributed by atoms with Crippen LogP contribution in [0.25, 0.3) is 0 Å². The topological polar surface area (TPSA) is 127 Å². The first-order valence-corrected chi connectivity index (χ1v) is 16.9. The Hall–Kier alpha value is -3.15. The van der Waals surface area contributed by atoms with E-state index in [2.05, 4.69) is 5.32 Å². The van der Waals surface area contributed by atoms with Crippen molar-refractivity contribution in [1.82, 2.24) is 14.5 Å². The fourth-order valence-electron chi connectivity index (χ4n) is 6.59. The van der Waals surface area contributed by atoms with E-state index < -0.39 is 33.8 Å². The lowest BCUT2D eigenvalue weighted by molar-refractivity contribution is -0.148. The predicted molar refractivity (Wildman–Crippen MR) is 164 cm³/mol. The van der Waals surface area contributed by atoms with Crippen molar-refractivity contribution in [1.29, 1.82) is 0 Å². The standard InChI is InChI=1S/C31H39ClN4O6S/c1-34-27(21-10-4-2-5-11-21)20-36(23-12-6-3-7-13-23)26-19-24(32)22(18-28(26)43(34,41)42)14-15-25(31(39)40)33-29(37)30(38)35-16-8-9-17-35/h3,6-7,12-13,18-19,21,25,27H,2,4-5,8-11,14-17,20H2,1H3,(H,33,37)(H,39,40)/t25?,27-/m0/s1. The number of benzene rings is 2. The number of halogens is 1. The molecule has 1 aliphatic carbocycles. The van der Waals surface area contributed by atoms with Gasteiger partial charge in [-0.25, -0.2) is 13.2 Å². The molecule has 0 radical (unpaired) electrons. The van der Waals surface area contributed by atoms with Crippen LogP contribution in [0, 0.1) is 5.92 Å². The number of carboxylic acid groups (broad SMARTS) is 1. The highest BCUT2D eigenvalue weighted by Crippen LogP contribution is 2.42. The first-order valence-electron chi connectivity index (χ1n) is 15.0. The summed E-state index contributed by atoms with van der Waals surface area (Å²) in [6, 6.07) is 11.3. The molecule has 1 saturated heterocycles. The van der Waals surface area contributed by atoms with Gasteiger partial charge in [0.2, 0.25) is 10.0 Å². The molecule has 0 spiro atoms. The normalized spacial score (nSPS) is 21.6. The van der Waals surface area contributed by atoms with E-state index in [4.69, 9.17) is 11.6 Å². The molecule has 0 bridgehead atoms. The molecule has 2 heterocycles. The molecule has 2 amide bonds. The molecular formula is C31H39ClN4O6S. The Labute approximate surface area is 258 Å². The number of nitrogens with zero attached hydrogens (tertiary/aromatic N) is 3. The van der Waals surface area contributed by atoms with E-state index in [0.717, 1.165) is 50.6 Å². The average molecular weight is 631 g/mol. The monoisotopic (exact) mass is 630 g/mol. The van der Waals surface area contributed by atoms with Gasteiger partial charge in [-0.05, 0) is 74.3 Å². The lowest BCUT2D eigenvalue weighted by atomic mass is 9.83. The molecule has 5 rings (SSSR count). The van der Waals surface area contributed by atoms with Crippen molar-refractivity contribution in [2.24, 2.45) is 5.92 Å². The van der Waals surface area contributed by atoms with Gasteiger partial charge in [0, 0.05) is 43.4 Å². The Bertz CT molecular complexity index is 1460. The average Bonchev–Trinajstić information content (AvgIpc) is 3.53. The number of hydrogen-bond acceptors (Lipinski definition) is 6. The highest BCUT2D eigenvalue weighted by atomic mass is 35.5. The van der Waals surface area contributed by atoms with Gasteiger partial charge in [-0.2, -0.15) is 4.31 Å². The molecular weight excluding hydrogens is 592 g/mol. The van der Waals surface area contributed by atoms with Crippen LogP contribution >= 0.6 is 11.6 Å². The van der Waals surface area contributed by atoms with Gasteiger partial charge in [0.25, 0.3) is 0 Å². The molecule has 2 aromatic carbocycles. The first kappa shape index (κ1) is 31.3. The van der Waals surface area contributed by atoms with Crippen molar-refractivity contribution in [3.05, 3.63) is 53.1 Å². The SMILES string of the molecule is CN1[C@H](C2CCCCC2)CN(c2ccccc2)c2cc(Cl)c(CCC(NC(=O)C(=O)N3CCCC3)C(=O)O)cc2S1(=O)=O. The number of anilines is 2. The van der Waals surface area contributed by atoms with Crippen LogP contribution in [-0.2, 0) is 30.8 Å². The second-order valence-corrected chi connectivity index (χ2v) is 14.1. The number of hydrogen-bond donors (Lipinski definition) is 2. The Balaban J connectivity index is 1.45. The quantitative estimate of drug-likeness (QED) is 0.439. The van der Waals surface area contributed by atoms with E-state index in [1.807, 2.05) is 35.2 Å². The molecule has 10 nitrogen and oxygen atoms in total. The van der Waals surface area contributed by atoms with E-state index in [0.29, 0.717) is 35.9 Å². The third-order valence-corrected chi connectivity index (χ3v) is 11.3. The van der Waals surface area contributed by atoms with Crippen molar-refractivity contribution < 1.29 is 27.9 Å². The van der Waals surface area contributed by atoms with Gasteiger partial charge in [0.1, 0.15) is 10.9 Å². The number of carbonyl (C=O) groups excluding carboxylic acids is 2. The van der Waals surface area contributed by atoms with E-state index in [9.17, 15) is 27.9 Å². The molecule has 43 heavy (non-hydrogen) atoms. The van der Waals surface area contributed by atoms with E-state index in [-0.39, 0.29) is 29.7 Å². The molecule has 232 valence electrons. The lowest BCUT2D eigenvalue weighted by Crippen LogP contribution is -2.48. The Morgan fingerprint density at radius 1 is 1.02 bits per heavy atom. The molecule has 2 aliphatic heterocycles. The van der Waals surface area contributed by atoms with Gasteiger partial charge < -0.3 is 20.2 Å². The van der Waals surface area contributed by atoms with E-state index >= 15 is 0 Å². The largest absolute Gasteiger partial charge is 0.480 e. The van der Waals surface area contributed by atoms with Gasteiger partial charge in [-0.15, -0.1) is 0 Å². The van der Waals surface area contributed by atoms with Crippen molar-refractivity contribution >= 4 is 50.8 Å². The maximum Gasteiger partial charge on any atom is 0.326 e. The molecule has 2 atom stereocenters. The van der Waals surface area contributed by atoms with Gasteiger partial charge in [0.05, 0.1) is 5.69 Å². The summed E-state index contributed by atoms with van der Waals surface area (Å²) in [4.78, 5) is 40.5. The Morgan fingerprint density at radius 3 is 2.35 bits per heavy atom. The van der Waals surface area contributed by atoms with Crippen molar-refractivity contribution in [2.75, 3.05) is 31.6 Å². The summed E-state index contributed by atoms with van der Waals surface area (Å²) in [6.45, 7) is 1.42. The summed E-state index contributed by atoms with van der Waals surface area (Å²) in [6.07, 6.45) is 6.87. The maximum atomic E-state index is 14.2. The summed E-state index contributed by atoms with van der Waals surface area (Å²) in [7, 11) is -2.29. The van der Waals surface area contributed by atoms with Crippen LogP contribution in [0.1, 0.15) is 56.9 Å². The number of sulfonamides is 1. The minimum atomic E-state index is -3.93. The van der Waals surface area contributed by atoms with Gasteiger partial charge in [-0.3, -0.25) is 9.59 Å².